The van der Waals surface area contributed by atoms with Crippen LogP contribution in [-0.2, 0) is 9.53 Å². The lowest BCUT2D eigenvalue weighted by molar-refractivity contribution is -0.148. The molecule has 0 spiro atoms. The summed E-state index contributed by atoms with van der Waals surface area (Å²) < 4.78 is 5.71. The fourth-order valence-electron chi connectivity index (χ4n) is 3.16. The monoisotopic (exact) mass is 331 g/mol. The lowest BCUT2D eigenvalue weighted by Gasteiger charge is -2.39. The van der Waals surface area contributed by atoms with E-state index in [2.05, 4.69) is 27.8 Å². The SMILES string of the molecule is CC1COC(CBr)CN1C(=O)C1CCCCCCC1. The predicted molar refractivity (Wildman–Crippen MR) is 80.5 cm³/mol. The van der Waals surface area contributed by atoms with Gasteiger partial charge in [0.25, 0.3) is 0 Å². The minimum Gasteiger partial charge on any atom is -0.373 e. The number of halogens is 1. The normalized spacial score (nSPS) is 30.7. The van der Waals surface area contributed by atoms with Crippen molar-refractivity contribution in [3.8, 4) is 0 Å². The van der Waals surface area contributed by atoms with Crippen molar-refractivity contribution in [3.63, 3.8) is 0 Å². The third-order valence-corrected chi connectivity index (χ3v) is 5.14. The molecule has 0 radical (unpaired) electrons. The van der Waals surface area contributed by atoms with E-state index in [1.807, 2.05) is 0 Å². The first-order valence-corrected chi connectivity index (χ1v) is 8.82. The number of hydrogen-bond donors (Lipinski definition) is 0. The molecule has 0 N–H and O–H groups in total. The Morgan fingerprint density at radius 1 is 1.21 bits per heavy atom. The summed E-state index contributed by atoms with van der Waals surface area (Å²) in [4.78, 5) is 14.8. The molecule has 1 aliphatic carbocycles. The quantitative estimate of drug-likeness (QED) is 0.726. The first kappa shape index (κ1) is 15.3. The van der Waals surface area contributed by atoms with E-state index in [4.69, 9.17) is 4.74 Å². The molecule has 1 heterocycles. The van der Waals surface area contributed by atoms with Crippen molar-refractivity contribution >= 4 is 21.8 Å². The zero-order valence-corrected chi connectivity index (χ0v) is 13.5. The maximum absolute atomic E-state index is 12.7. The van der Waals surface area contributed by atoms with E-state index < -0.39 is 0 Å². The molecule has 1 amide bonds. The van der Waals surface area contributed by atoms with Crippen LogP contribution in [0.5, 0.6) is 0 Å². The van der Waals surface area contributed by atoms with Crippen molar-refractivity contribution in [3.05, 3.63) is 0 Å². The lowest BCUT2D eigenvalue weighted by atomic mass is 9.89. The topological polar surface area (TPSA) is 29.5 Å². The molecule has 2 rings (SSSR count). The summed E-state index contributed by atoms with van der Waals surface area (Å²) in [6.07, 6.45) is 8.71. The van der Waals surface area contributed by atoms with Gasteiger partial charge in [0.15, 0.2) is 0 Å². The van der Waals surface area contributed by atoms with Gasteiger partial charge in [-0.05, 0) is 19.8 Å². The van der Waals surface area contributed by atoms with Gasteiger partial charge in [-0.25, -0.2) is 0 Å². The molecular formula is C15H26BrNO2. The zero-order chi connectivity index (χ0) is 13.7. The molecule has 110 valence electrons. The maximum atomic E-state index is 12.7. The molecule has 2 aliphatic rings. The third kappa shape index (κ3) is 4.19. The van der Waals surface area contributed by atoms with Crippen LogP contribution >= 0.6 is 15.9 Å². The molecule has 0 bridgehead atoms. The first-order chi connectivity index (χ1) is 9.22. The Balaban J connectivity index is 1.95. The number of rotatable bonds is 2. The number of amides is 1. The summed E-state index contributed by atoms with van der Waals surface area (Å²) in [6, 6.07) is 0.230. The molecule has 0 aromatic carbocycles. The average molecular weight is 332 g/mol. The van der Waals surface area contributed by atoms with E-state index in [9.17, 15) is 4.79 Å². The summed E-state index contributed by atoms with van der Waals surface area (Å²) >= 11 is 3.46. The second kappa shape index (κ2) is 7.63. The number of carbonyl (C=O) groups is 1. The van der Waals surface area contributed by atoms with Gasteiger partial charge in [0, 0.05) is 17.8 Å². The van der Waals surface area contributed by atoms with E-state index in [1.165, 1.54) is 32.1 Å². The molecule has 3 nitrogen and oxygen atoms in total. The van der Waals surface area contributed by atoms with Crippen molar-refractivity contribution in [2.24, 2.45) is 5.92 Å². The molecule has 4 heteroatoms. The fourth-order valence-corrected chi connectivity index (χ4v) is 3.55. The lowest BCUT2D eigenvalue weighted by Crippen LogP contribution is -2.53. The molecule has 0 aromatic rings. The molecule has 1 saturated carbocycles. The van der Waals surface area contributed by atoms with Gasteiger partial charge in [-0.2, -0.15) is 0 Å². The highest BCUT2D eigenvalue weighted by molar-refractivity contribution is 9.09. The predicted octanol–water partition coefficient (Wildman–Crippen LogP) is 3.36. The molecule has 1 aliphatic heterocycles. The number of nitrogens with zero attached hydrogens (tertiary/aromatic N) is 1. The van der Waals surface area contributed by atoms with Gasteiger partial charge in [-0.1, -0.05) is 48.0 Å². The highest BCUT2D eigenvalue weighted by Crippen LogP contribution is 2.26. The van der Waals surface area contributed by atoms with Gasteiger partial charge in [-0.15, -0.1) is 0 Å². The van der Waals surface area contributed by atoms with Crippen LogP contribution in [0.25, 0.3) is 0 Å². The number of alkyl halides is 1. The Kier molecular flexibility index (Phi) is 6.14. The Labute approximate surface area is 125 Å². The second-order valence-corrected chi connectivity index (χ2v) is 6.64. The summed E-state index contributed by atoms with van der Waals surface area (Å²) in [6.45, 7) is 3.53. The van der Waals surface area contributed by atoms with Crippen LogP contribution in [0.3, 0.4) is 0 Å². The molecule has 1 saturated heterocycles. The van der Waals surface area contributed by atoms with Crippen LogP contribution in [0.1, 0.15) is 51.9 Å². The van der Waals surface area contributed by atoms with Gasteiger partial charge < -0.3 is 9.64 Å². The Morgan fingerprint density at radius 2 is 1.84 bits per heavy atom. The van der Waals surface area contributed by atoms with Crippen LogP contribution < -0.4 is 0 Å². The summed E-state index contributed by atoms with van der Waals surface area (Å²) in [5.41, 5.74) is 0. The number of morpholine rings is 1. The van der Waals surface area contributed by atoms with Crippen molar-refractivity contribution in [1.29, 1.82) is 0 Å². The Bertz CT molecular complexity index is 290. The summed E-state index contributed by atoms with van der Waals surface area (Å²) in [5, 5.41) is 0.814. The van der Waals surface area contributed by atoms with E-state index in [0.29, 0.717) is 12.5 Å². The van der Waals surface area contributed by atoms with Crippen LogP contribution in [0.2, 0.25) is 0 Å². The standard InChI is InChI=1S/C15H26BrNO2/c1-12-11-19-14(9-16)10-17(12)15(18)13-7-5-3-2-4-6-8-13/h12-14H,2-11H2,1H3. The minimum atomic E-state index is 0.161. The molecular weight excluding hydrogens is 306 g/mol. The van der Waals surface area contributed by atoms with Crippen LogP contribution in [0.15, 0.2) is 0 Å². The van der Waals surface area contributed by atoms with Crippen LogP contribution in [0, 0.1) is 5.92 Å². The Morgan fingerprint density at radius 3 is 2.47 bits per heavy atom. The molecule has 0 aromatic heterocycles. The van der Waals surface area contributed by atoms with E-state index in [0.717, 1.165) is 24.7 Å². The zero-order valence-electron chi connectivity index (χ0n) is 11.9. The van der Waals surface area contributed by atoms with E-state index in [-0.39, 0.29) is 18.1 Å². The number of hydrogen-bond acceptors (Lipinski definition) is 2. The highest BCUT2D eigenvalue weighted by Gasteiger charge is 2.32. The van der Waals surface area contributed by atoms with Crippen molar-refractivity contribution in [2.75, 3.05) is 18.5 Å². The van der Waals surface area contributed by atoms with Gasteiger partial charge >= 0.3 is 0 Å². The maximum Gasteiger partial charge on any atom is 0.226 e. The molecule has 2 fully saturated rings. The van der Waals surface area contributed by atoms with Crippen molar-refractivity contribution < 1.29 is 9.53 Å². The molecule has 19 heavy (non-hydrogen) atoms. The van der Waals surface area contributed by atoms with E-state index >= 15 is 0 Å². The number of carbonyl (C=O) groups excluding carboxylic acids is 1. The van der Waals surface area contributed by atoms with Gasteiger partial charge in [0.05, 0.1) is 18.8 Å². The van der Waals surface area contributed by atoms with Crippen molar-refractivity contribution in [2.45, 2.75) is 64.0 Å². The summed E-state index contributed by atoms with van der Waals surface area (Å²) in [5.74, 6) is 0.639. The van der Waals surface area contributed by atoms with Gasteiger partial charge in [-0.3, -0.25) is 4.79 Å². The first-order valence-electron chi connectivity index (χ1n) is 7.70. The third-order valence-electron chi connectivity index (χ3n) is 4.42. The van der Waals surface area contributed by atoms with Gasteiger partial charge in [0.1, 0.15) is 0 Å². The molecule has 2 atom stereocenters. The Hall–Kier alpha value is -0.0900. The largest absolute Gasteiger partial charge is 0.373 e. The number of ether oxygens (including phenoxy) is 1. The van der Waals surface area contributed by atoms with Crippen LogP contribution in [-0.4, -0.2) is 41.4 Å². The molecule has 2 unspecified atom stereocenters. The summed E-state index contributed by atoms with van der Waals surface area (Å²) in [7, 11) is 0. The van der Waals surface area contributed by atoms with Gasteiger partial charge in [0.2, 0.25) is 5.91 Å². The van der Waals surface area contributed by atoms with Crippen LogP contribution in [0.4, 0.5) is 0 Å². The second-order valence-electron chi connectivity index (χ2n) is 5.99. The fraction of sp³-hybridized carbons (Fsp3) is 0.933. The van der Waals surface area contributed by atoms with Crippen molar-refractivity contribution in [1.82, 2.24) is 4.90 Å². The highest BCUT2D eigenvalue weighted by atomic mass is 79.9. The van der Waals surface area contributed by atoms with E-state index in [1.54, 1.807) is 0 Å². The average Bonchev–Trinajstić information content (AvgIpc) is 2.38. The minimum absolute atomic E-state index is 0.161. The smallest absolute Gasteiger partial charge is 0.226 e.